The van der Waals surface area contributed by atoms with Crippen LogP contribution in [-0.4, -0.2) is 34.2 Å². The van der Waals surface area contributed by atoms with Crippen molar-refractivity contribution in [3.8, 4) is 0 Å². The Balaban J connectivity index is 2.35. The van der Waals surface area contributed by atoms with Gasteiger partial charge < -0.3 is 5.11 Å². The molecule has 0 unspecified atom stereocenters. The molecule has 0 saturated carbocycles. The molecule has 0 radical (unpaired) electrons. The Kier molecular flexibility index (Phi) is 5.65. The summed E-state index contributed by atoms with van der Waals surface area (Å²) in [4.78, 5) is 6.60. The lowest BCUT2D eigenvalue weighted by Crippen LogP contribution is -2.36. The van der Waals surface area contributed by atoms with Crippen LogP contribution in [0, 0.1) is 5.82 Å². The first kappa shape index (κ1) is 15.9. The fraction of sp³-hybridized carbons (Fsp3) is 0.471. The molecule has 0 aliphatic carbocycles. The van der Waals surface area contributed by atoms with Crippen LogP contribution in [0.25, 0.3) is 10.9 Å². The minimum Gasteiger partial charge on any atom is -0.395 e. The number of halogens is 1. The van der Waals surface area contributed by atoms with Crippen LogP contribution in [0.15, 0.2) is 30.5 Å². The highest BCUT2D eigenvalue weighted by Crippen LogP contribution is 2.21. The third kappa shape index (κ3) is 3.77. The van der Waals surface area contributed by atoms with Crippen LogP contribution in [0.3, 0.4) is 0 Å². The van der Waals surface area contributed by atoms with E-state index >= 15 is 0 Å². The number of pyridine rings is 1. The van der Waals surface area contributed by atoms with Crippen LogP contribution in [0.2, 0.25) is 0 Å². The number of rotatable bonds is 7. The molecule has 0 spiro atoms. The molecule has 0 bridgehead atoms. The average Bonchev–Trinajstić information content (AvgIpc) is 2.48. The van der Waals surface area contributed by atoms with E-state index in [1.807, 2.05) is 12.1 Å². The second-order valence-electron chi connectivity index (χ2n) is 5.30. The molecule has 0 atom stereocenters. The number of hydrogen-bond donors (Lipinski definition) is 1. The quantitative estimate of drug-likeness (QED) is 0.849. The lowest BCUT2D eigenvalue weighted by molar-refractivity contribution is 0.137. The lowest BCUT2D eigenvalue weighted by atomic mass is 10.1. The molecule has 1 N–H and O–H groups in total. The Morgan fingerprint density at radius 3 is 2.71 bits per heavy atom. The Labute approximate surface area is 125 Å². The number of aliphatic hydroxyl groups excluding tert-OH is 1. The van der Waals surface area contributed by atoms with Crippen LogP contribution in [0.5, 0.6) is 0 Å². The maximum Gasteiger partial charge on any atom is 0.124 e. The molecule has 0 amide bonds. The highest BCUT2D eigenvalue weighted by Gasteiger charge is 2.17. The maximum absolute atomic E-state index is 13.8. The molecule has 0 fully saturated rings. The first-order valence-electron chi connectivity index (χ1n) is 7.57. The third-order valence-electron chi connectivity index (χ3n) is 3.97. The molecule has 1 heterocycles. The SMILES string of the molecule is CCC(CC)N(CCO)Cc1cc(F)cc2cccnc12. The number of hydrogen-bond acceptors (Lipinski definition) is 3. The highest BCUT2D eigenvalue weighted by molar-refractivity contribution is 5.81. The Morgan fingerprint density at radius 1 is 1.29 bits per heavy atom. The fourth-order valence-corrected chi connectivity index (χ4v) is 2.89. The molecule has 1 aromatic carbocycles. The van der Waals surface area contributed by atoms with Gasteiger partial charge in [0.05, 0.1) is 12.1 Å². The molecule has 21 heavy (non-hydrogen) atoms. The second kappa shape index (κ2) is 7.48. The van der Waals surface area contributed by atoms with Gasteiger partial charge in [0.1, 0.15) is 5.82 Å². The summed E-state index contributed by atoms with van der Waals surface area (Å²) in [5.74, 6) is -0.237. The molecular weight excluding hydrogens is 267 g/mol. The molecule has 3 nitrogen and oxygen atoms in total. The van der Waals surface area contributed by atoms with E-state index in [2.05, 4.69) is 23.7 Å². The van der Waals surface area contributed by atoms with Gasteiger partial charge >= 0.3 is 0 Å². The number of nitrogens with zero attached hydrogens (tertiary/aromatic N) is 2. The van der Waals surface area contributed by atoms with Gasteiger partial charge in [0.15, 0.2) is 0 Å². The monoisotopic (exact) mass is 290 g/mol. The highest BCUT2D eigenvalue weighted by atomic mass is 19.1. The van der Waals surface area contributed by atoms with E-state index in [1.165, 1.54) is 6.07 Å². The molecule has 114 valence electrons. The fourth-order valence-electron chi connectivity index (χ4n) is 2.89. The summed E-state index contributed by atoms with van der Waals surface area (Å²) in [6.45, 7) is 5.59. The van der Waals surface area contributed by atoms with Gasteiger partial charge in [-0.05, 0) is 36.6 Å². The zero-order valence-corrected chi connectivity index (χ0v) is 12.7. The molecule has 0 aliphatic rings. The number of fused-ring (bicyclic) bond motifs is 1. The van der Waals surface area contributed by atoms with E-state index in [0.29, 0.717) is 19.1 Å². The number of benzene rings is 1. The van der Waals surface area contributed by atoms with E-state index in [-0.39, 0.29) is 12.4 Å². The second-order valence-corrected chi connectivity index (χ2v) is 5.30. The largest absolute Gasteiger partial charge is 0.395 e. The van der Waals surface area contributed by atoms with E-state index in [4.69, 9.17) is 0 Å². The normalized spacial score (nSPS) is 11.7. The standard InChI is InChI=1S/C17H23FN2O/c1-3-16(4-2)20(8-9-21)12-14-11-15(18)10-13-6-5-7-19-17(13)14/h5-7,10-11,16,21H,3-4,8-9,12H2,1-2H3. The summed E-state index contributed by atoms with van der Waals surface area (Å²) in [7, 11) is 0. The van der Waals surface area contributed by atoms with Crippen molar-refractivity contribution in [2.75, 3.05) is 13.2 Å². The van der Waals surface area contributed by atoms with E-state index in [0.717, 1.165) is 29.3 Å². The summed E-state index contributed by atoms with van der Waals surface area (Å²) in [5.41, 5.74) is 1.72. The first-order valence-corrected chi connectivity index (χ1v) is 7.57. The van der Waals surface area contributed by atoms with Crippen molar-refractivity contribution < 1.29 is 9.50 Å². The van der Waals surface area contributed by atoms with E-state index < -0.39 is 0 Å². The third-order valence-corrected chi connectivity index (χ3v) is 3.97. The summed E-state index contributed by atoms with van der Waals surface area (Å²) in [6, 6.07) is 7.15. The number of aromatic nitrogens is 1. The topological polar surface area (TPSA) is 36.4 Å². The number of aliphatic hydroxyl groups is 1. The molecule has 0 aliphatic heterocycles. The van der Waals surface area contributed by atoms with Crippen LogP contribution >= 0.6 is 0 Å². The van der Waals surface area contributed by atoms with Crippen molar-refractivity contribution in [1.29, 1.82) is 0 Å². The van der Waals surface area contributed by atoms with E-state index in [1.54, 1.807) is 12.3 Å². The Bertz CT molecular complexity index is 584. The van der Waals surface area contributed by atoms with Gasteiger partial charge in [0.25, 0.3) is 0 Å². The summed E-state index contributed by atoms with van der Waals surface area (Å²) < 4.78 is 13.8. The Morgan fingerprint density at radius 2 is 2.05 bits per heavy atom. The van der Waals surface area contributed by atoms with Crippen molar-refractivity contribution in [1.82, 2.24) is 9.88 Å². The van der Waals surface area contributed by atoms with Gasteiger partial charge in [-0.3, -0.25) is 9.88 Å². The van der Waals surface area contributed by atoms with Gasteiger partial charge in [0.2, 0.25) is 0 Å². The maximum atomic E-state index is 13.8. The van der Waals surface area contributed by atoms with Crippen molar-refractivity contribution in [2.24, 2.45) is 0 Å². The molecular formula is C17H23FN2O. The Hall–Kier alpha value is -1.52. The zero-order chi connectivity index (χ0) is 15.2. The zero-order valence-electron chi connectivity index (χ0n) is 12.7. The van der Waals surface area contributed by atoms with Crippen LogP contribution in [0.1, 0.15) is 32.3 Å². The van der Waals surface area contributed by atoms with Crippen LogP contribution < -0.4 is 0 Å². The molecule has 2 rings (SSSR count). The van der Waals surface area contributed by atoms with Crippen molar-refractivity contribution >= 4 is 10.9 Å². The van der Waals surface area contributed by atoms with Crippen LogP contribution in [0.4, 0.5) is 4.39 Å². The van der Waals surface area contributed by atoms with Gasteiger partial charge in [0, 0.05) is 30.7 Å². The van der Waals surface area contributed by atoms with Gasteiger partial charge in [-0.2, -0.15) is 0 Å². The summed E-state index contributed by atoms with van der Waals surface area (Å²) in [6.07, 6.45) is 3.76. The van der Waals surface area contributed by atoms with Crippen molar-refractivity contribution in [2.45, 2.75) is 39.3 Å². The predicted octanol–water partition coefficient (Wildman–Crippen LogP) is 3.36. The van der Waals surface area contributed by atoms with Crippen molar-refractivity contribution in [3.05, 3.63) is 41.8 Å². The van der Waals surface area contributed by atoms with Gasteiger partial charge in [-0.25, -0.2) is 4.39 Å². The smallest absolute Gasteiger partial charge is 0.124 e. The summed E-state index contributed by atoms with van der Waals surface area (Å²) in [5, 5.41) is 10.1. The van der Waals surface area contributed by atoms with E-state index in [9.17, 15) is 9.50 Å². The van der Waals surface area contributed by atoms with Crippen molar-refractivity contribution in [3.63, 3.8) is 0 Å². The molecule has 2 aromatic rings. The minimum atomic E-state index is -0.237. The van der Waals surface area contributed by atoms with Gasteiger partial charge in [-0.15, -0.1) is 0 Å². The first-order chi connectivity index (χ1) is 10.2. The predicted molar refractivity (Wildman–Crippen MR) is 83.6 cm³/mol. The molecule has 4 heteroatoms. The van der Waals surface area contributed by atoms with Crippen LogP contribution in [-0.2, 0) is 6.54 Å². The molecule has 1 aromatic heterocycles. The van der Waals surface area contributed by atoms with Gasteiger partial charge in [-0.1, -0.05) is 19.9 Å². The summed E-state index contributed by atoms with van der Waals surface area (Å²) >= 11 is 0. The molecule has 0 saturated heterocycles. The minimum absolute atomic E-state index is 0.108. The average molecular weight is 290 g/mol. The lowest BCUT2D eigenvalue weighted by Gasteiger charge is -2.30.